The molecule has 0 aliphatic carbocycles. The summed E-state index contributed by atoms with van der Waals surface area (Å²) in [6, 6.07) is 13.9. The van der Waals surface area contributed by atoms with Crippen LogP contribution in [0.25, 0.3) is 0 Å². The number of carbonyl (C=O) groups is 1. The molecular weight excluding hydrogens is 438 g/mol. The third kappa shape index (κ3) is 5.45. The monoisotopic (exact) mass is 450 g/mol. The smallest absolute Gasteiger partial charge is 0.252 e. The van der Waals surface area contributed by atoms with Gasteiger partial charge in [0.1, 0.15) is 11.9 Å². The van der Waals surface area contributed by atoms with Crippen molar-refractivity contribution in [3.63, 3.8) is 0 Å². The Morgan fingerprint density at radius 3 is 2.17 bits per heavy atom. The van der Waals surface area contributed by atoms with Gasteiger partial charge in [0.2, 0.25) is 3.79 Å². The van der Waals surface area contributed by atoms with E-state index in [1.807, 2.05) is 0 Å². The largest absolute Gasteiger partial charge is 0.497 e. The molecule has 0 aliphatic rings. The van der Waals surface area contributed by atoms with E-state index in [0.717, 1.165) is 4.47 Å². The molecule has 1 unspecified atom stereocenters. The Balaban J connectivity index is 2.13. The Kier molecular flexibility index (Phi) is 6.63. The van der Waals surface area contributed by atoms with Crippen molar-refractivity contribution in [3.05, 3.63) is 58.6 Å². The fraction of sp³-hybridized carbons (Fsp3) is 0.188. The molecule has 4 nitrogen and oxygen atoms in total. The first-order valence-electron chi connectivity index (χ1n) is 6.83. The van der Waals surface area contributed by atoms with Crippen molar-refractivity contribution in [2.75, 3.05) is 12.4 Å². The van der Waals surface area contributed by atoms with Crippen molar-refractivity contribution in [1.82, 2.24) is 5.32 Å². The van der Waals surface area contributed by atoms with Gasteiger partial charge in [-0.15, -0.1) is 0 Å². The summed E-state index contributed by atoms with van der Waals surface area (Å²) in [6.45, 7) is 0. The third-order valence-electron chi connectivity index (χ3n) is 3.11. The molecule has 2 aromatic rings. The molecule has 0 aromatic heterocycles. The maximum Gasteiger partial charge on any atom is 0.252 e. The summed E-state index contributed by atoms with van der Waals surface area (Å²) in [7, 11) is 1.57. The number of ether oxygens (including phenoxy) is 1. The zero-order chi connectivity index (χ0) is 17.7. The summed E-state index contributed by atoms with van der Waals surface area (Å²) >= 11 is 21.3. The number of alkyl halides is 3. The van der Waals surface area contributed by atoms with Crippen molar-refractivity contribution in [2.24, 2.45) is 0 Å². The SMILES string of the molecule is COc1ccc(NC(NC(=O)c2ccc(Br)cc2)C(Cl)(Cl)Cl)cc1. The van der Waals surface area contributed by atoms with Crippen LogP contribution in [-0.4, -0.2) is 23.0 Å². The van der Waals surface area contributed by atoms with Gasteiger partial charge in [0.05, 0.1) is 7.11 Å². The van der Waals surface area contributed by atoms with Gasteiger partial charge < -0.3 is 15.4 Å². The van der Waals surface area contributed by atoms with Gasteiger partial charge in [0.15, 0.2) is 0 Å². The topological polar surface area (TPSA) is 50.4 Å². The number of nitrogens with one attached hydrogen (secondary N) is 2. The Hall–Kier alpha value is -1.14. The van der Waals surface area contributed by atoms with Gasteiger partial charge in [-0.3, -0.25) is 4.79 Å². The summed E-state index contributed by atoms with van der Waals surface area (Å²) in [4.78, 5) is 12.3. The number of amides is 1. The van der Waals surface area contributed by atoms with Gasteiger partial charge in [0.25, 0.3) is 5.91 Å². The molecule has 0 bridgehead atoms. The second kappa shape index (κ2) is 8.30. The number of anilines is 1. The average molecular weight is 453 g/mol. The minimum atomic E-state index is -1.75. The van der Waals surface area contributed by atoms with Gasteiger partial charge in [-0.1, -0.05) is 50.7 Å². The maximum atomic E-state index is 12.3. The Labute approximate surface area is 163 Å². The maximum absolute atomic E-state index is 12.3. The second-order valence-electron chi connectivity index (χ2n) is 4.83. The molecule has 0 spiro atoms. The molecule has 0 heterocycles. The Bertz CT molecular complexity index is 688. The zero-order valence-electron chi connectivity index (χ0n) is 12.5. The minimum absolute atomic E-state index is 0.361. The lowest BCUT2D eigenvalue weighted by molar-refractivity contribution is 0.0942. The predicted octanol–water partition coefficient (Wildman–Crippen LogP) is 5.00. The summed E-state index contributed by atoms with van der Waals surface area (Å²) < 4.78 is 4.22. The molecule has 8 heteroatoms. The first-order chi connectivity index (χ1) is 11.3. The van der Waals surface area contributed by atoms with E-state index in [0.29, 0.717) is 17.0 Å². The second-order valence-corrected chi connectivity index (χ2v) is 8.11. The first-order valence-corrected chi connectivity index (χ1v) is 8.76. The van der Waals surface area contributed by atoms with Crippen LogP contribution >= 0.6 is 50.7 Å². The fourth-order valence-corrected chi connectivity index (χ4v) is 2.46. The molecule has 2 rings (SSSR count). The lowest BCUT2D eigenvalue weighted by Crippen LogP contribution is -2.49. The van der Waals surface area contributed by atoms with Crippen LogP contribution in [0.5, 0.6) is 5.75 Å². The minimum Gasteiger partial charge on any atom is -0.497 e. The average Bonchev–Trinajstić information content (AvgIpc) is 2.54. The van der Waals surface area contributed by atoms with E-state index in [1.54, 1.807) is 55.6 Å². The molecule has 0 saturated carbocycles. The van der Waals surface area contributed by atoms with Crippen LogP contribution in [0.2, 0.25) is 0 Å². The molecule has 0 saturated heterocycles. The zero-order valence-corrected chi connectivity index (χ0v) is 16.4. The molecular formula is C16H14BrCl3N2O2. The van der Waals surface area contributed by atoms with Crippen molar-refractivity contribution in [3.8, 4) is 5.75 Å². The molecule has 24 heavy (non-hydrogen) atoms. The quantitative estimate of drug-likeness (QED) is 0.496. The number of hydrogen-bond donors (Lipinski definition) is 2. The van der Waals surface area contributed by atoms with Crippen molar-refractivity contribution < 1.29 is 9.53 Å². The van der Waals surface area contributed by atoms with E-state index in [4.69, 9.17) is 39.5 Å². The summed E-state index contributed by atoms with van der Waals surface area (Å²) in [5, 5.41) is 5.67. The molecule has 128 valence electrons. The predicted molar refractivity (Wildman–Crippen MR) is 102 cm³/mol. The molecule has 1 atom stereocenters. The van der Waals surface area contributed by atoms with Crippen LogP contribution in [-0.2, 0) is 0 Å². The molecule has 2 aromatic carbocycles. The summed E-state index contributed by atoms with van der Waals surface area (Å²) in [6.07, 6.45) is -0.924. The first kappa shape index (κ1) is 19.2. The van der Waals surface area contributed by atoms with E-state index in [-0.39, 0.29) is 5.91 Å². The summed E-state index contributed by atoms with van der Waals surface area (Å²) in [5.41, 5.74) is 1.12. The molecule has 0 aliphatic heterocycles. The van der Waals surface area contributed by atoms with E-state index in [1.165, 1.54) is 0 Å². The highest BCUT2D eigenvalue weighted by molar-refractivity contribution is 9.10. The van der Waals surface area contributed by atoms with E-state index >= 15 is 0 Å². The van der Waals surface area contributed by atoms with E-state index in [2.05, 4.69) is 26.6 Å². The highest BCUT2D eigenvalue weighted by Gasteiger charge is 2.34. The molecule has 0 fully saturated rings. The van der Waals surface area contributed by atoms with E-state index < -0.39 is 9.96 Å². The van der Waals surface area contributed by atoms with Crippen LogP contribution < -0.4 is 15.4 Å². The lowest BCUT2D eigenvalue weighted by Gasteiger charge is -2.27. The fourth-order valence-electron chi connectivity index (χ4n) is 1.87. The van der Waals surface area contributed by atoms with Gasteiger partial charge in [-0.25, -0.2) is 0 Å². The Morgan fingerprint density at radius 2 is 1.67 bits per heavy atom. The van der Waals surface area contributed by atoms with Gasteiger partial charge in [-0.2, -0.15) is 0 Å². The van der Waals surface area contributed by atoms with Gasteiger partial charge in [0, 0.05) is 15.7 Å². The highest BCUT2D eigenvalue weighted by Crippen LogP contribution is 2.31. The lowest BCUT2D eigenvalue weighted by atomic mass is 10.2. The van der Waals surface area contributed by atoms with Gasteiger partial charge in [-0.05, 0) is 48.5 Å². The van der Waals surface area contributed by atoms with Crippen LogP contribution in [0.4, 0.5) is 5.69 Å². The van der Waals surface area contributed by atoms with Crippen molar-refractivity contribution >= 4 is 62.3 Å². The number of rotatable bonds is 5. The number of benzene rings is 2. The van der Waals surface area contributed by atoms with E-state index in [9.17, 15) is 4.79 Å². The Morgan fingerprint density at radius 1 is 1.08 bits per heavy atom. The van der Waals surface area contributed by atoms with Gasteiger partial charge >= 0.3 is 0 Å². The third-order valence-corrected chi connectivity index (χ3v) is 4.29. The van der Waals surface area contributed by atoms with Crippen LogP contribution in [0, 0.1) is 0 Å². The van der Waals surface area contributed by atoms with Crippen molar-refractivity contribution in [2.45, 2.75) is 9.96 Å². The standard InChI is InChI=1S/C16H14BrCl3N2O2/c1-24-13-8-6-12(7-9-13)21-15(16(18,19)20)22-14(23)10-2-4-11(17)5-3-10/h2-9,15,21H,1H3,(H,22,23). The normalized spacial score (nSPS) is 12.4. The number of carbonyl (C=O) groups excluding carboxylic acids is 1. The van der Waals surface area contributed by atoms with Crippen molar-refractivity contribution in [1.29, 1.82) is 0 Å². The number of hydrogen-bond acceptors (Lipinski definition) is 3. The number of methoxy groups -OCH3 is 1. The number of halogens is 4. The van der Waals surface area contributed by atoms with Crippen LogP contribution in [0.3, 0.4) is 0 Å². The molecule has 0 radical (unpaired) electrons. The van der Waals surface area contributed by atoms with Crippen LogP contribution in [0.1, 0.15) is 10.4 Å². The molecule has 2 N–H and O–H groups in total. The van der Waals surface area contributed by atoms with Crippen LogP contribution in [0.15, 0.2) is 53.0 Å². The molecule has 1 amide bonds. The summed E-state index contributed by atoms with van der Waals surface area (Å²) in [5.74, 6) is 0.338. The highest BCUT2D eigenvalue weighted by atomic mass is 79.9.